The Morgan fingerprint density at radius 3 is 2.85 bits per heavy atom. The van der Waals surface area contributed by atoms with Crippen LogP contribution in [0, 0.1) is 22.4 Å². The van der Waals surface area contributed by atoms with Crippen LogP contribution in [0.4, 0.5) is 4.39 Å². The SMILES string of the molecule is CCC1CCC(n2c(=S)[nH]c3cc(F)c(Br)cc32)C1C. The molecular weight excluding hydrogens is 339 g/mol. The van der Waals surface area contributed by atoms with Crippen LogP contribution in [-0.2, 0) is 0 Å². The van der Waals surface area contributed by atoms with Gasteiger partial charge in [-0.15, -0.1) is 0 Å². The monoisotopic (exact) mass is 356 g/mol. The van der Waals surface area contributed by atoms with E-state index < -0.39 is 0 Å². The number of nitrogens with zero attached hydrogens (tertiary/aromatic N) is 1. The standard InChI is InChI=1S/C15H18BrFN2S/c1-3-9-4-5-13(8(9)2)19-14-6-10(16)11(17)7-12(14)18-15(19)20/h6-9,13H,3-5H2,1-2H3,(H,18,20). The van der Waals surface area contributed by atoms with Gasteiger partial charge < -0.3 is 9.55 Å². The number of aromatic nitrogens is 2. The van der Waals surface area contributed by atoms with Crippen molar-refractivity contribution in [3.05, 3.63) is 27.2 Å². The highest BCUT2D eigenvalue weighted by Gasteiger charge is 2.33. The molecule has 0 amide bonds. The van der Waals surface area contributed by atoms with Crippen molar-refractivity contribution in [1.82, 2.24) is 9.55 Å². The molecular formula is C15H18BrFN2S. The summed E-state index contributed by atoms with van der Waals surface area (Å²) in [6.45, 7) is 4.56. The molecule has 1 aromatic heterocycles. The number of nitrogens with one attached hydrogen (secondary N) is 1. The van der Waals surface area contributed by atoms with Gasteiger partial charge in [0.05, 0.1) is 15.5 Å². The minimum Gasteiger partial charge on any atom is -0.330 e. The second kappa shape index (κ2) is 5.26. The highest BCUT2D eigenvalue weighted by Crippen LogP contribution is 2.43. The Morgan fingerprint density at radius 1 is 1.45 bits per heavy atom. The van der Waals surface area contributed by atoms with Gasteiger partial charge in [0.2, 0.25) is 0 Å². The first-order chi connectivity index (χ1) is 9.52. The molecule has 1 saturated carbocycles. The molecule has 108 valence electrons. The molecule has 1 aliphatic rings. The van der Waals surface area contributed by atoms with Crippen molar-refractivity contribution in [3.63, 3.8) is 0 Å². The number of hydrogen-bond donors (Lipinski definition) is 1. The van der Waals surface area contributed by atoms with Crippen molar-refractivity contribution < 1.29 is 4.39 Å². The van der Waals surface area contributed by atoms with Crippen LogP contribution < -0.4 is 0 Å². The van der Waals surface area contributed by atoms with Gasteiger partial charge in [0.15, 0.2) is 4.77 Å². The molecule has 0 bridgehead atoms. The molecule has 1 heterocycles. The molecule has 0 saturated heterocycles. The number of aromatic amines is 1. The lowest BCUT2D eigenvalue weighted by Crippen LogP contribution is -2.15. The lowest BCUT2D eigenvalue weighted by atomic mass is 9.93. The Hall–Kier alpha value is -0.680. The highest BCUT2D eigenvalue weighted by molar-refractivity contribution is 9.10. The third kappa shape index (κ3) is 2.15. The van der Waals surface area contributed by atoms with Gasteiger partial charge in [-0.05, 0) is 58.9 Å². The maximum absolute atomic E-state index is 13.7. The number of halogens is 2. The fourth-order valence-electron chi connectivity index (χ4n) is 3.61. The Bertz CT molecular complexity index is 706. The fourth-order valence-corrected chi connectivity index (χ4v) is 4.29. The second-order valence-electron chi connectivity index (χ2n) is 5.76. The normalized spacial score (nSPS) is 26.5. The molecule has 0 spiro atoms. The van der Waals surface area contributed by atoms with Crippen molar-refractivity contribution in [2.75, 3.05) is 0 Å². The van der Waals surface area contributed by atoms with Crippen LogP contribution in [0.15, 0.2) is 16.6 Å². The summed E-state index contributed by atoms with van der Waals surface area (Å²) in [5.74, 6) is 1.11. The minimum atomic E-state index is -0.258. The molecule has 0 radical (unpaired) electrons. The van der Waals surface area contributed by atoms with Crippen LogP contribution in [0.5, 0.6) is 0 Å². The van der Waals surface area contributed by atoms with Crippen LogP contribution in [-0.4, -0.2) is 9.55 Å². The van der Waals surface area contributed by atoms with E-state index >= 15 is 0 Å². The fraction of sp³-hybridized carbons (Fsp3) is 0.533. The predicted molar refractivity (Wildman–Crippen MR) is 86.0 cm³/mol. The van der Waals surface area contributed by atoms with Crippen LogP contribution in [0.3, 0.4) is 0 Å². The smallest absolute Gasteiger partial charge is 0.178 e. The van der Waals surface area contributed by atoms with E-state index in [1.165, 1.54) is 18.9 Å². The Kier molecular flexibility index (Phi) is 3.75. The average molecular weight is 357 g/mol. The quantitative estimate of drug-likeness (QED) is 0.694. The van der Waals surface area contributed by atoms with E-state index in [1.54, 1.807) is 0 Å². The van der Waals surface area contributed by atoms with Crippen molar-refractivity contribution in [2.24, 2.45) is 11.8 Å². The molecule has 0 aliphatic heterocycles. The number of benzene rings is 1. The van der Waals surface area contributed by atoms with Crippen molar-refractivity contribution in [2.45, 2.75) is 39.2 Å². The van der Waals surface area contributed by atoms with Crippen LogP contribution >= 0.6 is 28.1 Å². The van der Waals surface area contributed by atoms with Gasteiger partial charge in [0, 0.05) is 12.1 Å². The van der Waals surface area contributed by atoms with Gasteiger partial charge in [-0.2, -0.15) is 0 Å². The molecule has 1 aliphatic carbocycles. The Labute approximate surface area is 131 Å². The molecule has 2 nitrogen and oxygen atoms in total. The molecule has 3 atom stereocenters. The number of imidazole rings is 1. The molecule has 3 rings (SSSR count). The summed E-state index contributed by atoms with van der Waals surface area (Å²) in [7, 11) is 0. The average Bonchev–Trinajstić information content (AvgIpc) is 2.90. The van der Waals surface area contributed by atoms with E-state index in [2.05, 4.69) is 39.3 Å². The summed E-state index contributed by atoms with van der Waals surface area (Å²) in [4.78, 5) is 3.14. The van der Waals surface area contributed by atoms with Crippen LogP contribution in [0.25, 0.3) is 11.0 Å². The zero-order chi connectivity index (χ0) is 14.4. The summed E-state index contributed by atoms with van der Waals surface area (Å²) < 4.78 is 17.0. The Morgan fingerprint density at radius 2 is 2.20 bits per heavy atom. The first-order valence-corrected chi connectivity index (χ1v) is 8.32. The zero-order valence-electron chi connectivity index (χ0n) is 11.6. The number of hydrogen-bond acceptors (Lipinski definition) is 1. The second-order valence-corrected chi connectivity index (χ2v) is 7.00. The molecule has 3 unspecified atom stereocenters. The van der Waals surface area contributed by atoms with Gasteiger partial charge in [-0.25, -0.2) is 4.39 Å². The first-order valence-electron chi connectivity index (χ1n) is 7.12. The lowest BCUT2D eigenvalue weighted by molar-refractivity contribution is 0.332. The van der Waals surface area contributed by atoms with Crippen molar-refractivity contribution in [3.8, 4) is 0 Å². The molecule has 5 heteroatoms. The van der Waals surface area contributed by atoms with Gasteiger partial charge >= 0.3 is 0 Å². The number of H-pyrrole nitrogens is 1. The van der Waals surface area contributed by atoms with E-state index in [-0.39, 0.29) is 5.82 Å². The van der Waals surface area contributed by atoms with Gasteiger partial charge in [0.1, 0.15) is 5.82 Å². The molecule has 1 N–H and O–H groups in total. The summed E-state index contributed by atoms with van der Waals surface area (Å²) in [6.07, 6.45) is 3.61. The number of fused-ring (bicyclic) bond motifs is 1. The topological polar surface area (TPSA) is 20.7 Å². The van der Waals surface area contributed by atoms with Crippen molar-refractivity contribution in [1.29, 1.82) is 0 Å². The molecule has 2 aromatic rings. The highest BCUT2D eigenvalue weighted by atomic mass is 79.9. The van der Waals surface area contributed by atoms with E-state index in [0.29, 0.717) is 21.2 Å². The predicted octanol–water partition coefficient (Wildman–Crippen LogP) is 5.60. The molecule has 20 heavy (non-hydrogen) atoms. The maximum Gasteiger partial charge on any atom is 0.178 e. The minimum absolute atomic E-state index is 0.258. The van der Waals surface area contributed by atoms with E-state index in [0.717, 1.165) is 23.4 Å². The van der Waals surface area contributed by atoms with E-state index in [1.807, 2.05) is 6.07 Å². The molecule has 1 fully saturated rings. The maximum atomic E-state index is 13.7. The summed E-state index contributed by atoms with van der Waals surface area (Å²) >= 11 is 8.75. The Balaban J connectivity index is 2.14. The van der Waals surface area contributed by atoms with Gasteiger partial charge in [-0.3, -0.25) is 0 Å². The van der Waals surface area contributed by atoms with Crippen molar-refractivity contribution >= 4 is 39.2 Å². The van der Waals surface area contributed by atoms with Gasteiger partial charge in [-0.1, -0.05) is 20.3 Å². The zero-order valence-corrected chi connectivity index (χ0v) is 14.0. The first kappa shape index (κ1) is 14.3. The third-order valence-electron chi connectivity index (χ3n) is 4.80. The summed E-state index contributed by atoms with van der Waals surface area (Å²) in [5, 5.41) is 0. The number of rotatable bonds is 2. The summed E-state index contributed by atoms with van der Waals surface area (Å²) in [5.41, 5.74) is 1.78. The van der Waals surface area contributed by atoms with Crippen LogP contribution in [0.2, 0.25) is 0 Å². The van der Waals surface area contributed by atoms with E-state index in [9.17, 15) is 4.39 Å². The third-order valence-corrected chi connectivity index (χ3v) is 5.70. The largest absolute Gasteiger partial charge is 0.330 e. The molecule has 1 aromatic carbocycles. The van der Waals surface area contributed by atoms with E-state index in [4.69, 9.17) is 12.2 Å². The van der Waals surface area contributed by atoms with Gasteiger partial charge in [0.25, 0.3) is 0 Å². The van der Waals surface area contributed by atoms with Crippen LogP contribution in [0.1, 0.15) is 39.2 Å². The summed E-state index contributed by atoms with van der Waals surface area (Å²) in [6, 6.07) is 3.77. The lowest BCUT2D eigenvalue weighted by Gasteiger charge is -2.22.